The van der Waals surface area contributed by atoms with Gasteiger partial charge in [0.25, 0.3) is 0 Å². The second-order valence-electron chi connectivity index (χ2n) is 6.01. The number of aryl methyl sites for hydroxylation is 1. The molecule has 1 aliphatic rings. The summed E-state index contributed by atoms with van der Waals surface area (Å²) >= 11 is 3.48. The van der Waals surface area contributed by atoms with E-state index in [4.69, 9.17) is 9.47 Å². The minimum Gasteiger partial charge on any atom is -0.493 e. The van der Waals surface area contributed by atoms with Crippen LogP contribution in [0.5, 0.6) is 11.5 Å². The van der Waals surface area contributed by atoms with E-state index in [-0.39, 0.29) is 12.1 Å². The van der Waals surface area contributed by atoms with Crippen molar-refractivity contribution in [2.45, 2.75) is 18.9 Å². The van der Waals surface area contributed by atoms with Crippen molar-refractivity contribution in [3.8, 4) is 11.5 Å². The van der Waals surface area contributed by atoms with E-state index in [0.717, 1.165) is 29.6 Å². The SMILES string of the molecule is COc1cc(Br)c(NC(=O)N2CCCC2c2cccn2C)cc1OC. The molecule has 1 unspecified atom stereocenters. The van der Waals surface area contributed by atoms with Gasteiger partial charge in [-0.3, -0.25) is 0 Å². The van der Waals surface area contributed by atoms with Crippen molar-refractivity contribution in [1.29, 1.82) is 0 Å². The van der Waals surface area contributed by atoms with Gasteiger partial charge in [-0.05, 0) is 40.9 Å². The average molecular weight is 408 g/mol. The van der Waals surface area contributed by atoms with Crippen LogP contribution >= 0.6 is 15.9 Å². The topological polar surface area (TPSA) is 55.7 Å². The average Bonchev–Trinajstić information content (AvgIpc) is 3.24. The fourth-order valence-corrected chi connectivity index (χ4v) is 3.70. The summed E-state index contributed by atoms with van der Waals surface area (Å²) in [6.07, 6.45) is 3.98. The molecule has 0 radical (unpaired) electrons. The zero-order chi connectivity index (χ0) is 18.0. The van der Waals surface area contributed by atoms with Gasteiger partial charge in [-0.1, -0.05) is 0 Å². The highest BCUT2D eigenvalue weighted by Gasteiger charge is 2.31. The monoisotopic (exact) mass is 407 g/mol. The van der Waals surface area contributed by atoms with Gasteiger partial charge in [0.15, 0.2) is 11.5 Å². The van der Waals surface area contributed by atoms with Gasteiger partial charge in [0.1, 0.15) is 0 Å². The van der Waals surface area contributed by atoms with Crippen LogP contribution in [0.1, 0.15) is 24.6 Å². The number of hydrogen-bond donors (Lipinski definition) is 1. The van der Waals surface area contributed by atoms with Crippen molar-refractivity contribution in [3.05, 3.63) is 40.6 Å². The molecule has 1 fully saturated rings. The van der Waals surface area contributed by atoms with Gasteiger partial charge in [-0.15, -0.1) is 0 Å². The van der Waals surface area contributed by atoms with Crippen LogP contribution in [0.4, 0.5) is 10.5 Å². The Morgan fingerprint density at radius 3 is 2.64 bits per heavy atom. The molecule has 2 amide bonds. The number of urea groups is 1. The summed E-state index contributed by atoms with van der Waals surface area (Å²) < 4.78 is 13.4. The number of aromatic nitrogens is 1. The number of likely N-dealkylation sites (tertiary alicyclic amines) is 1. The molecule has 1 aromatic heterocycles. The Morgan fingerprint density at radius 2 is 2.00 bits per heavy atom. The molecular weight excluding hydrogens is 386 g/mol. The van der Waals surface area contributed by atoms with E-state index in [9.17, 15) is 4.79 Å². The number of ether oxygens (including phenoxy) is 2. The van der Waals surface area contributed by atoms with Crippen LogP contribution in [-0.2, 0) is 7.05 Å². The number of anilines is 1. The number of nitrogens with zero attached hydrogens (tertiary/aromatic N) is 2. The first-order valence-corrected chi connectivity index (χ1v) is 8.94. The largest absolute Gasteiger partial charge is 0.493 e. The van der Waals surface area contributed by atoms with E-state index in [2.05, 4.69) is 31.9 Å². The Hall–Kier alpha value is -2.15. The molecule has 0 saturated carbocycles. The number of methoxy groups -OCH3 is 2. The third-order valence-corrected chi connectivity index (χ3v) is 5.21. The zero-order valence-electron chi connectivity index (χ0n) is 14.6. The number of carbonyl (C=O) groups excluding carboxylic acids is 1. The summed E-state index contributed by atoms with van der Waals surface area (Å²) in [5.41, 5.74) is 1.80. The fourth-order valence-electron chi connectivity index (χ4n) is 3.27. The first-order chi connectivity index (χ1) is 12.0. The second-order valence-corrected chi connectivity index (χ2v) is 6.87. The predicted molar refractivity (Wildman–Crippen MR) is 100 cm³/mol. The van der Waals surface area contributed by atoms with Crippen LogP contribution in [0.25, 0.3) is 0 Å². The highest BCUT2D eigenvalue weighted by Crippen LogP contribution is 2.37. The Balaban J connectivity index is 1.81. The van der Waals surface area contributed by atoms with Crippen LogP contribution in [-0.4, -0.2) is 36.3 Å². The summed E-state index contributed by atoms with van der Waals surface area (Å²) in [5.74, 6) is 1.18. The Morgan fingerprint density at radius 1 is 1.28 bits per heavy atom. The smallest absolute Gasteiger partial charge is 0.322 e. The maximum absolute atomic E-state index is 12.9. The minimum atomic E-state index is -0.114. The lowest BCUT2D eigenvalue weighted by Crippen LogP contribution is -2.35. The zero-order valence-corrected chi connectivity index (χ0v) is 16.2. The second kappa shape index (κ2) is 7.39. The van der Waals surface area contributed by atoms with Crippen molar-refractivity contribution in [2.24, 2.45) is 7.05 Å². The summed E-state index contributed by atoms with van der Waals surface area (Å²) in [6, 6.07) is 7.61. The van der Waals surface area contributed by atoms with Gasteiger partial charge in [0, 0.05) is 42.1 Å². The standard InChI is InChI=1S/C18H22BrN3O3/c1-21-8-4-6-14(21)15-7-5-9-22(15)18(23)20-13-11-17(25-3)16(24-2)10-12(13)19/h4,6,8,10-11,15H,5,7,9H2,1-3H3,(H,20,23). The lowest BCUT2D eigenvalue weighted by Gasteiger charge is -2.26. The van der Waals surface area contributed by atoms with Crippen LogP contribution in [0.15, 0.2) is 34.9 Å². The van der Waals surface area contributed by atoms with Crippen LogP contribution in [0.3, 0.4) is 0 Å². The Kier molecular flexibility index (Phi) is 5.22. The number of carbonyl (C=O) groups is 1. The molecule has 1 aromatic carbocycles. The lowest BCUT2D eigenvalue weighted by atomic mass is 10.1. The van der Waals surface area contributed by atoms with Gasteiger partial charge in [-0.2, -0.15) is 0 Å². The molecule has 0 aliphatic carbocycles. The number of benzene rings is 1. The highest BCUT2D eigenvalue weighted by atomic mass is 79.9. The molecule has 7 heteroatoms. The molecule has 25 heavy (non-hydrogen) atoms. The molecule has 0 spiro atoms. The Bertz CT molecular complexity index is 775. The van der Waals surface area contributed by atoms with Crippen molar-refractivity contribution in [2.75, 3.05) is 26.1 Å². The predicted octanol–water partition coefficient (Wildman–Crippen LogP) is 4.17. The van der Waals surface area contributed by atoms with E-state index in [1.54, 1.807) is 26.4 Å². The van der Waals surface area contributed by atoms with E-state index in [0.29, 0.717) is 17.2 Å². The minimum absolute atomic E-state index is 0.0962. The van der Waals surface area contributed by atoms with Crippen molar-refractivity contribution in [3.63, 3.8) is 0 Å². The molecule has 0 bridgehead atoms. The molecular formula is C18H22BrN3O3. The molecule has 6 nitrogen and oxygen atoms in total. The first kappa shape index (κ1) is 17.7. The molecule has 1 saturated heterocycles. The van der Waals surface area contributed by atoms with Gasteiger partial charge < -0.3 is 24.3 Å². The van der Waals surface area contributed by atoms with Crippen LogP contribution < -0.4 is 14.8 Å². The van der Waals surface area contributed by atoms with Crippen LogP contribution in [0, 0.1) is 0 Å². The summed E-state index contributed by atoms with van der Waals surface area (Å²) in [5, 5.41) is 2.98. The van der Waals surface area contributed by atoms with Gasteiger partial charge in [-0.25, -0.2) is 4.79 Å². The van der Waals surface area contributed by atoms with Gasteiger partial charge >= 0.3 is 6.03 Å². The van der Waals surface area contributed by atoms with E-state index in [1.807, 2.05) is 24.2 Å². The van der Waals surface area contributed by atoms with Crippen molar-refractivity contribution >= 4 is 27.6 Å². The summed E-state index contributed by atoms with van der Waals surface area (Å²) in [6.45, 7) is 0.743. The summed E-state index contributed by atoms with van der Waals surface area (Å²) in [4.78, 5) is 14.7. The number of halogens is 1. The molecule has 1 aliphatic heterocycles. The molecule has 1 N–H and O–H groups in total. The molecule has 1 atom stereocenters. The number of nitrogens with one attached hydrogen (secondary N) is 1. The number of rotatable bonds is 4. The van der Waals surface area contributed by atoms with Crippen LogP contribution in [0.2, 0.25) is 0 Å². The van der Waals surface area contributed by atoms with E-state index >= 15 is 0 Å². The fraction of sp³-hybridized carbons (Fsp3) is 0.389. The normalized spacial score (nSPS) is 16.8. The third kappa shape index (κ3) is 3.46. The van der Waals surface area contributed by atoms with Crippen molar-refractivity contribution in [1.82, 2.24) is 9.47 Å². The molecule has 2 heterocycles. The molecule has 3 rings (SSSR count). The highest BCUT2D eigenvalue weighted by molar-refractivity contribution is 9.10. The summed E-state index contributed by atoms with van der Waals surface area (Å²) in [7, 11) is 5.16. The molecule has 2 aromatic rings. The number of hydrogen-bond acceptors (Lipinski definition) is 3. The number of amides is 2. The third-order valence-electron chi connectivity index (χ3n) is 4.55. The van der Waals surface area contributed by atoms with E-state index in [1.165, 1.54) is 0 Å². The van der Waals surface area contributed by atoms with Crippen molar-refractivity contribution < 1.29 is 14.3 Å². The molecule has 134 valence electrons. The maximum Gasteiger partial charge on any atom is 0.322 e. The van der Waals surface area contributed by atoms with Gasteiger partial charge in [0.05, 0.1) is 25.9 Å². The lowest BCUT2D eigenvalue weighted by molar-refractivity contribution is 0.205. The Labute approximate surface area is 155 Å². The maximum atomic E-state index is 12.9. The van der Waals surface area contributed by atoms with E-state index < -0.39 is 0 Å². The quantitative estimate of drug-likeness (QED) is 0.826. The first-order valence-electron chi connectivity index (χ1n) is 8.15. The van der Waals surface area contributed by atoms with Gasteiger partial charge in [0.2, 0.25) is 0 Å².